The van der Waals surface area contributed by atoms with Crippen LogP contribution in [0.4, 0.5) is 0 Å². The fourth-order valence-electron chi connectivity index (χ4n) is 2.20. The van der Waals surface area contributed by atoms with Gasteiger partial charge in [-0.15, -0.1) is 11.3 Å². The molecule has 2 heterocycles. The second kappa shape index (κ2) is 7.40. The number of aryl methyl sites for hydroxylation is 1. The van der Waals surface area contributed by atoms with E-state index in [2.05, 4.69) is 21.5 Å². The molecule has 0 saturated heterocycles. The molecule has 0 aliphatic heterocycles. The first kappa shape index (κ1) is 16.4. The van der Waals surface area contributed by atoms with Crippen molar-refractivity contribution < 1.29 is 8.42 Å². The van der Waals surface area contributed by atoms with Gasteiger partial charge in [0.25, 0.3) is 0 Å². The molecule has 0 atom stereocenters. The zero-order valence-corrected chi connectivity index (χ0v) is 14.9. The average molecular weight is 364 g/mol. The van der Waals surface area contributed by atoms with Crippen molar-refractivity contribution in [3.05, 3.63) is 69.0 Å². The molecule has 1 aromatic carbocycles. The van der Waals surface area contributed by atoms with Crippen molar-refractivity contribution in [1.29, 1.82) is 0 Å². The summed E-state index contributed by atoms with van der Waals surface area (Å²) in [5.41, 5.74) is 3.37. The standard InChI is InChI=1S/C17H17NO2S3/c19-23(20,9-7-14-4-2-1-3-5-14)18-11-17-10-16(13-22-17)15-6-8-21-12-15/h1-6,8,10,12-13,18H,7,9,11H2. The SMILES string of the molecule is O=S(=O)(CCc1ccccc1)NCc1cc(-c2ccsc2)cs1. The number of rotatable bonds is 7. The Labute approximate surface area is 144 Å². The Morgan fingerprint density at radius 2 is 1.83 bits per heavy atom. The fourth-order valence-corrected chi connectivity index (χ4v) is 4.82. The predicted molar refractivity (Wildman–Crippen MR) is 98.4 cm³/mol. The smallest absolute Gasteiger partial charge is 0.212 e. The Bertz CT molecular complexity index is 837. The highest BCUT2D eigenvalue weighted by Crippen LogP contribution is 2.27. The van der Waals surface area contributed by atoms with Crippen molar-refractivity contribution in [3.63, 3.8) is 0 Å². The summed E-state index contributed by atoms with van der Waals surface area (Å²) < 4.78 is 26.9. The lowest BCUT2D eigenvalue weighted by Gasteiger charge is -2.05. The molecule has 0 bridgehead atoms. The van der Waals surface area contributed by atoms with Gasteiger partial charge < -0.3 is 0 Å². The molecule has 3 nitrogen and oxygen atoms in total. The van der Waals surface area contributed by atoms with Crippen LogP contribution in [0.5, 0.6) is 0 Å². The Balaban J connectivity index is 1.55. The molecule has 0 aliphatic carbocycles. The highest BCUT2D eigenvalue weighted by atomic mass is 32.2. The molecule has 2 aromatic heterocycles. The second-order valence-corrected chi connectivity index (χ2v) is 8.89. The van der Waals surface area contributed by atoms with Crippen LogP contribution in [0, 0.1) is 0 Å². The van der Waals surface area contributed by atoms with E-state index in [4.69, 9.17) is 0 Å². The van der Waals surface area contributed by atoms with E-state index >= 15 is 0 Å². The first-order valence-electron chi connectivity index (χ1n) is 7.24. The van der Waals surface area contributed by atoms with E-state index in [0.29, 0.717) is 13.0 Å². The Morgan fingerprint density at radius 3 is 2.57 bits per heavy atom. The van der Waals surface area contributed by atoms with E-state index in [-0.39, 0.29) is 5.75 Å². The molecule has 0 saturated carbocycles. The lowest BCUT2D eigenvalue weighted by molar-refractivity contribution is 0.581. The molecule has 120 valence electrons. The van der Waals surface area contributed by atoms with Crippen LogP contribution in [-0.2, 0) is 23.0 Å². The minimum Gasteiger partial charge on any atom is -0.212 e. The number of hydrogen-bond acceptors (Lipinski definition) is 4. The van der Waals surface area contributed by atoms with Gasteiger partial charge >= 0.3 is 0 Å². The summed E-state index contributed by atoms with van der Waals surface area (Å²) in [6, 6.07) is 13.8. The quantitative estimate of drug-likeness (QED) is 0.686. The molecule has 0 spiro atoms. The van der Waals surface area contributed by atoms with Gasteiger partial charge in [0, 0.05) is 11.4 Å². The molecule has 0 unspecified atom stereocenters. The first-order chi connectivity index (χ1) is 11.1. The number of sulfonamides is 1. The molecule has 3 aromatic rings. The molecule has 0 aliphatic rings. The number of nitrogens with one attached hydrogen (secondary N) is 1. The third kappa shape index (κ3) is 4.75. The third-order valence-electron chi connectivity index (χ3n) is 3.48. The molecular formula is C17H17NO2S3. The highest BCUT2D eigenvalue weighted by molar-refractivity contribution is 7.89. The zero-order valence-electron chi connectivity index (χ0n) is 12.4. The number of thiophene rings is 2. The van der Waals surface area contributed by atoms with Gasteiger partial charge in [0.05, 0.1) is 5.75 Å². The van der Waals surface area contributed by atoms with E-state index < -0.39 is 10.0 Å². The third-order valence-corrected chi connectivity index (χ3v) is 6.42. The van der Waals surface area contributed by atoms with Gasteiger partial charge in [-0.2, -0.15) is 11.3 Å². The Kier molecular flexibility index (Phi) is 5.27. The topological polar surface area (TPSA) is 46.2 Å². The Morgan fingerprint density at radius 1 is 1.00 bits per heavy atom. The van der Waals surface area contributed by atoms with E-state index in [0.717, 1.165) is 16.0 Å². The van der Waals surface area contributed by atoms with Crippen LogP contribution in [0.15, 0.2) is 58.6 Å². The van der Waals surface area contributed by atoms with Gasteiger partial charge in [0.2, 0.25) is 10.0 Å². The molecule has 0 radical (unpaired) electrons. The van der Waals surface area contributed by atoms with Crippen molar-refractivity contribution in [1.82, 2.24) is 4.72 Å². The highest BCUT2D eigenvalue weighted by Gasteiger charge is 2.11. The lowest BCUT2D eigenvalue weighted by Crippen LogP contribution is -2.26. The number of benzene rings is 1. The fraction of sp³-hybridized carbons (Fsp3) is 0.176. The molecular weight excluding hydrogens is 346 g/mol. The van der Waals surface area contributed by atoms with E-state index in [9.17, 15) is 8.42 Å². The minimum atomic E-state index is -3.26. The molecule has 0 fully saturated rings. The molecule has 1 N–H and O–H groups in total. The van der Waals surface area contributed by atoms with Gasteiger partial charge in [-0.25, -0.2) is 13.1 Å². The monoisotopic (exact) mass is 363 g/mol. The maximum absolute atomic E-state index is 12.1. The molecule has 3 rings (SSSR count). The van der Waals surface area contributed by atoms with Crippen LogP contribution in [0.2, 0.25) is 0 Å². The first-order valence-corrected chi connectivity index (χ1v) is 10.7. The van der Waals surface area contributed by atoms with Crippen LogP contribution in [0.25, 0.3) is 11.1 Å². The molecule has 6 heteroatoms. The normalized spacial score (nSPS) is 11.7. The van der Waals surface area contributed by atoms with Crippen LogP contribution in [0.3, 0.4) is 0 Å². The number of hydrogen-bond donors (Lipinski definition) is 1. The van der Waals surface area contributed by atoms with Crippen LogP contribution < -0.4 is 4.72 Å². The summed E-state index contributed by atoms with van der Waals surface area (Å²) in [6.45, 7) is 0.353. The summed E-state index contributed by atoms with van der Waals surface area (Å²) in [7, 11) is -3.26. The maximum Gasteiger partial charge on any atom is 0.212 e. The van der Waals surface area contributed by atoms with E-state index in [1.807, 2.05) is 41.8 Å². The minimum absolute atomic E-state index is 0.111. The van der Waals surface area contributed by atoms with Crippen molar-refractivity contribution in [2.75, 3.05) is 5.75 Å². The van der Waals surface area contributed by atoms with Crippen LogP contribution >= 0.6 is 22.7 Å². The zero-order chi connectivity index (χ0) is 16.1. The van der Waals surface area contributed by atoms with Gasteiger partial charge in [-0.1, -0.05) is 30.3 Å². The molecule has 23 heavy (non-hydrogen) atoms. The largest absolute Gasteiger partial charge is 0.212 e. The molecule has 0 amide bonds. The van der Waals surface area contributed by atoms with Crippen molar-refractivity contribution in [2.45, 2.75) is 13.0 Å². The van der Waals surface area contributed by atoms with Gasteiger partial charge in [0.1, 0.15) is 0 Å². The van der Waals surface area contributed by atoms with Gasteiger partial charge in [-0.3, -0.25) is 0 Å². The van der Waals surface area contributed by atoms with Crippen molar-refractivity contribution in [3.8, 4) is 11.1 Å². The predicted octanol–water partition coefficient (Wildman–Crippen LogP) is 4.14. The Hall–Kier alpha value is -1.47. The summed E-state index contributed by atoms with van der Waals surface area (Å²) in [5, 5.41) is 6.20. The lowest BCUT2D eigenvalue weighted by atomic mass is 10.2. The van der Waals surface area contributed by atoms with Gasteiger partial charge in [0.15, 0.2) is 0 Å². The van der Waals surface area contributed by atoms with E-state index in [1.165, 1.54) is 5.56 Å². The van der Waals surface area contributed by atoms with Gasteiger partial charge in [-0.05, 0) is 51.4 Å². The van der Waals surface area contributed by atoms with Crippen LogP contribution in [0.1, 0.15) is 10.4 Å². The van der Waals surface area contributed by atoms with Crippen LogP contribution in [-0.4, -0.2) is 14.2 Å². The van der Waals surface area contributed by atoms with Crippen molar-refractivity contribution in [2.24, 2.45) is 0 Å². The maximum atomic E-state index is 12.1. The van der Waals surface area contributed by atoms with Crippen molar-refractivity contribution >= 4 is 32.7 Å². The summed E-state index contributed by atoms with van der Waals surface area (Å²) >= 11 is 3.24. The average Bonchev–Trinajstić information content (AvgIpc) is 3.23. The van der Waals surface area contributed by atoms with E-state index in [1.54, 1.807) is 22.7 Å². The summed E-state index contributed by atoms with van der Waals surface area (Å²) in [5.74, 6) is 0.111. The summed E-state index contributed by atoms with van der Waals surface area (Å²) in [4.78, 5) is 1.02. The second-order valence-electron chi connectivity index (χ2n) is 5.19. The summed E-state index contributed by atoms with van der Waals surface area (Å²) in [6.07, 6.45) is 0.529.